The Morgan fingerprint density at radius 2 is 1.84 bits per heavy atom. The van der Waals surface area contributed by atoms with Gasteiger partial charge in [0.2, 0.25) is 0 Å². The van der Waals surface area contributed by atoms with Gasteiger partial charge < -0.3 is 15.4 Å². The molecule has 2 N–H and O–H groups in total. The second-order valence-electron chi connectivity index (χ2n) is 9.30. The molecule has 37 heavy (non-hydrogen) atoms. The number of ether oxygens (including phenoxy) is 1. The number of fused-ring (bicyclic) bond motifs is 2. The van der Waals surface area contributed by atoms with Crippen LogP contribution in [0, 0.1) is 0 Å². The Labute approximate surface area is 219 Å². The molecule has 0 saturated heterocycles. The van der Waals surface area contributed by atoms with Crippen molar-refractivity contribution in [2.24, 2.45) is 0 Å². The molecule has 1 amide bonds. The maximum Gasteiger partial charge on any atom is 0.320 e. The van der Waals surface area contributed by atoms with Gasteiger partial charge in [0, 0.05) is 35.1 Å². The van der Waals surface area contributed by atoms with Gasteiger partial charge in [-0.25, -0.2) is 9.97 Å². The molecule has 0 saturated carbocycles. The summed E-state index contributed by atoms with van der Waals surface area (Å²) in [6, 6.07) is 7.42. The number of imidazole rings is 1. The molecule has 0 aliphatic heterocycles. The lowest BCUT2D eigenvalue weighted by molar-refractivity contribution is -0.153. The summed E-state index contributed by atoms with van der Waals surface area (Å²) in [4.78, 5) is 39.3. The Morgan fingerprint density at radius 1 is 1.08 bits per heavy atom. The van der Waals surface area contributed by atoms with Crippen LogP contribution < -0.4 is 10.6 Å². The quantitative estimate of drug-likeness (QED) is 0.261. The van der Waals surface area contributed by atoms with Crippen molar-refractivity contribution in [1.82, 2.24) is 30.0 Å². The molecule has 0 unspecified atom stereocenters. The topological polar surface area (TPSA) is 111 Å². The van der Waals surface area contributed by atoms with Crippen LogP contribution in [0.1, 0.15) is 56.5 Å². The number of hydrogen-bond acceptors (Lipinski definition) is 8. The molecule has 192 valence electrons. The van der Waals surface area contributed by atoms with Gasteiger partial charge in [-0.15, -0.1) is 11.3 Å². The van der Waals surface area contributed by atoms with Gasteiger partial charge in [-0.3, -0.25) is 19.0 Å². The van der Waals surface area contributed by atoms with Crippen LogP contribution >= 0.6 is 11.3 Å². The van der Waals surface area contributed by atoms with Crippen molar-refractivity contribution < 1.29 is 14.3 Å². The lowest BCUT2D eigenvalue weighted by atomic mass is 10.1. The number of rotatable bonds is 8. The van der Waals surface area contributed by atoms with E-state index in [9.17, 15) is 9.59 Å². The second-order valence-corrected chi connectivity index (χ2v) is 10.1. The molecular formula is C27H30N6O3S. The molecule has 0 radical (unpaired) electrons. The molecule has 3 heterocycles. The first kappa shape index (κ1) is 26.2. The Kier molecular flexibility index (Phi) is 7.80. The molecule has 0 spiro atoms. The van der Waals surface area contributed by atoms with Gasteiger partial charge in [-0.1, -0.05) is 24.3 Å². The van der Waals surface area contributed by atoms with E-state index in [0.717, 1.165) is 27.4 Å². The van der Waals surface area contributed by atoms with E-state index in [2.05, 4.69) is 20.6 Å². The molecule has 4 rings (SSSR count). The lowest BCUT2D eigenvalue weighted by Gasteiger charge is -2.19. The van der Waals surface area contributed by atoms with Gasteiger partial charge in [0.25, 0.3) is 5.91 Å². The van der Waals surface area contributed by atoms with E-state index in [1.807, 2.05) is 87.0 Å². The van der Waals surface area contributed by atoms with Gasteiger partial charge in [0.05, 0.1) is 29.5 Å². The minimum absolute atomic E-state index is 0.114. The van der Waals surface area contributed by atoms with Crippen molar-refractivity contribution in [3.63, 3.8) is 0 Å². The molecular weight excluding hydrogens is 488 g/mol. The van der Waals surface area contributed by atoms with Crippen molar-refractivity contribution in [2.75, 3.05) is 6.54 Å². The Bertz CT molecular complexity index is 1510. The van der Waals surface area contributed by atoms with Crippen LogP contribution in [-0.2, 0) is 16.1 Å². The molecule has 10 heteroatoms. The van der Waals surface area contributed by atoms with E-state index in [1.165, 1.54) is 17.5 Å². The molecule has 4 aromatic rings. The number of esters is 1. The fourth-order valence-electron chi connectivity index (χ4n) is 3.75. The summed E-state index contributed by atoms with van der Waals surface area (Å²) in [7, 11) is 0. The number of thiazole rings is 1. The summed E-state index contributed by atoms with van der Waals surface area (Å²) in [5.74, 6) is -0.648. The van der Waals surface area contributed by atoms with Crippen molar-refractivity contribution in [3.05, 3.63) is 77.0 Å². The molecule has 3 aromatic heterocycles. The van der Waals surface area contributed by atoms with E-state index in [1.54, 1.807) is 0 Å². The third kappa shape index (κ3) is 6.28. The number of allylic oxidation sites excluding steroid dienone is 3. The summed E-state index contributed by atoms with van der Waals surface area (Å²) in [6.45, 7) is 9.88. The van der Waals surface area contributed by atoms with Crippen molar-refractivity contribution in [3.8, 4) is 0 Å². The molecule has 0 bridgehead atoms. The van der Waals surface area contributed by atoms with Crippen LogP contribution in [0.15, 0.2) is 59.9 Å². The zero-order valence-corrected chi connectivity index (χ0v) is 22.3. The number of aromatic nitrogens is 4. The average molecular weight is 519 g/mol. The summed E-state index contributed by atoms with van der Waals surface area (Å²) in [6.07, 6.45) is 7.15. The van der Waals surface area contributed by atoms with Gasteiger partial charge in [-0.05, 0) is 46.8 Å². The SMILES string of the molecule is C/C=C(NC(=O)c1cnc2ccccc2n1)\C(=C/C)c1cn2c(CNCC(=O)OC(C)(C)C)csc2n1. The zero-order chi connectivity index (χ0) is 26.6. The minimum Gasteiger partial charge on any atom is -0.459 e. The third-order valence-corrected chi connectivity index (χ3v) is 6.24. The maximum atomic E-state index is 13.0. The van der Waals surface area contributed by atoms with Gasteiger partial charge in [-0.2, -0.15) is 0 Å². The number of carbonyl (C=O) groups excluding carboxylic acids is 2. The van der Waals surface area contributed by atoms with Crippen molar-refractivity contribution in [1.29, 1.82) is 0 Å². The van der Waals surface area contributed by atoms with Crippen LogP contribution in [0.4, 0.5) is 0 Å². The highest BCUT2D eigenvalue weighted by Crippen LogP contribution is 2.25. The number of amides is 1. The molecule has 0 fully saturated rings. The molecule has 1 aromatic carbocycles. The van der Waals surface area contributed by atoms with Crippen LogP contribution in [0.5, 0.6) is 0 Å². The van der Waals surface area contributed by atoms with E-state index < -0.39 is 5.60 Å². The number of para-hydroxylation sites is 2. The first-order chi connectivity index (χ1) is 17.7. The fraction of sp³-hybridized carbons (Fsp3) is 0.296. The van der Waals surface area contributed by atoms with Crippen molar-refractivity contribution in [2.45, 2.75) is 46.8 Å². The first-order valence-corrected chi connectivity index (χ1v) is 12.8. The third-order valence-electron chi connectivity index (χ3n) is 5.35. The predicted molar refractivity (Wildman–Crippen MR) is 145 cm³/mol. The molecule has 9 nitrogen and oxygen atoms in total. The molecule has 0 aliphatic carbocycles. The summed E-state index contributed by atoms with van der Waals surface area (Å²) >= 11 is 1.51. The smallest absolute Gasteiger partial charge is 0.320 e. The number of benzene rings is 1. The van der Waals surface area contributed by atoms with Crippen molar-refractivity contribution >= 4 is 44.8 Å². The van der Waals surface area contributed by atoms with Crippen LogP contribution in [0.2, 0.25) is 0 Å². The zero-order valence-electron chi connectivity index (χ0n) is 21.5. The highest BCUT2D eigenvalue weighted by atomic mass is 32.1. The van der Waals surface area contributed by atoms with Gasteiger partial charge >= 0.3 is 5.97 Å². The first-order valence-electron chi connectivity index (χ1n) is 11.9. The lowest BCUT2D eigenvalue weighted by Crippen LogP contribution is -2.31. The normalized spacial score (nSPS) is 12.8. The van der Waals surface area contributed by atoms with E-state index in [4.69, 9.17) is 9.72 Å². The van der Waals surface area contributed by atoms with E-state index in [0.29, 0.717) is 17.8 Å². The predicted octanol–water partition coefficient (Wildman–Crippen LogP) is 4.51. The summed E-state index contributed by atoms with van der Waals surface area (Å²) in [5.41, 5.74) is 4.20. The highest BCUT2D eigenvalue weighted by Gasteiger charge is 2.18. The highest BCUT2D eigenvalue weighted by molar-refractivity contribution is 7.15. The van der Waals surface area contributed by atoms with Crippen LogP contribution in [0.25, 0.3) is 21.6 Å². The maximum absolute atomic E-state index is 13.0. The fourth-order valence-corrected chi connectivity index (χ4v) is 4.62. The Morgan fingerprint density at radius 3 is 2.54 bits per heavy atom. The van der Waals surface area contributed by atoms with E-state index >= 15 is 0 Å². The monoisotopic (exact) mass is 518 g/mol. The average Bonchev–Trinajstić information content (AvgIpc) is 3.44. The Hall–Kier alpha value is -3.89. The number of hydrogen-bond donors (Lipinski definition) is 2. The summed E-state index contributed by atoms with van der Waals surface area (Å²) < 4.78 is 7.33. The number of nitrogens with one attached hydrogen (secondary N) is 2. The summed E-state index contributed by atoms with van der Waals surface area (Å²) in [5, 5.41) is 8.09. The largest absolute Gasteiger partial charge is 0.459 e. The van der Waals surface area contributed by atoms with Crippen LogP contribution in [0.3, 0.4) is 0 Å². The second kappa shape index (κ2) is 11.0. The van der Waals surface area contributed by atoms with Gasteiger partial charge in [0.1, 0.15) is 11.3 Å². The molecule has 0 aliphatic rings. The van der Waals surface area contributed by atoms with E-state index in [-0.39, 0.29) is 24.1 Å². The standard InChI is InChI=1S/C27H30N6O3S/c1-6-18(19(7-2)31-25(35)22-13-29-20-10-8-9-11-21(20)30-22)23-15-33-17(16-37-26(33)32-23)12-28-14-24(34)36-27(3,4)5/h6-11,13,15-16,28H,12,14H2,1-5H3,(H,31,35)/b18-6+,19-7+. The van der Waals surface area contributed by atoms with Crippen LogP contribution in [-0.4, -0.2) is 43.4 Å². The number of nitrogens with zero attached hydrogens (tertiary/aromatic N) is 4. The number of carbonyl (C=O) groups is 2. The van der Waals surface area contributed by atoms with Gasteiger partial charge in [0.15, 0.2) is 4.96 Å². The molecule has 0 atom stereocenters. The Balaban J connectivity index is 1.47. The minimum atomic E-state index is -0.517.